The molecule has 150 valence electrons. The summed E-state index contributed by atoms with van der Waals surface area (Å²) >= 11 is 0. The normalized spacial score (nSPS) is 11.4. The maximum absolute atomic E-state index is 12.8. The Morgan fingerprint density at radius 2 is 1.57 bits per heavy atom. The summed E-state index contributed by atoms with van der Waals surface area (Å²) in [5, 5.41) is 40.8. The minimum absolute atomic E-state index is 0.0300. The highest BCUT2D eigenvalue weighted by Crippen LogP contribution is 2.39. The van der Waals surface area contributed by atoms with Crippen molar-refractivity contribution in [2.75, 3.05) is 0 Å². The lowest BCUT2D eigenvalue weighted by Gasteiger charge is -2.11. The van der Waals surface area contributed by atoms with Crippen molar-refractivity contribution >= 4 is 23.1 Å². The lowest BCUT2D eigenvalue weighted by atomic mass is 10.0. The molecule has 0 saturated carbocycles. The monoisotopic (exact) mass is 402 g/mol. The Balaban J connectivity index is 2.01. The number of fused-ring (bicyclic) bond motifs is 1. The molecule has 4 N–H and O–H groups in total. The van der Waals surface area contributed by atoms with Crippen molar-refractivity contribution in [2.45, 2.75) is 6.92 Å². The minimum atomic E-state index is -0.849. The second-order valence-corrected chi connectivity index (χ2v) is 6.89. The van der Waals surface area contributed by atoms with E-state index in [1.54, 1.807) is 31.2 Å². The van der Waals surface area contributed by atoms with Crippen LogP contribution in [0, 0.1) is 6.92 Å². The van der Waals surface area contributed by atoms with Crippen LogP contribution < -0.4 is 5.43 Å². The third kappa shape index (κ3) is 3.24. The number of hydrogen-bond donors (Lipinski definition) is 4. The molecule has 0 saturated heterocycles. The van der Waals surface area contributed by atoms with Crippen molar-refractivity contribution in [1.29, 1.82) is 0 Å². The number of aryl methyl sites for hydroxylation is 1. The summed E-state index contributed by atoms with van der Waals surface area (Å²) in [6.45, 7) is 1.71. The molecule has 0 spiro atoms. The summed E-state index contributed by atoms with van der Waals surface area (Å²) in [5.74, 6) is -1.72. The van der Waals surface area contributed by atoms with Gasteiger partial charge in [0.15, 0.2) is 11.3 Å². The SMILES string of the molecule is Cc1ccc(-c2oc3c(/C=C/c4ccccc4)c(O)cc(O)c3c(=O)c2O)cc1O. The van der Waals surface area contributed by atoms with Crippen molar-refractivity contribution in [3.05, 3.63) is 81.5 Å². The molecular formula is C24H18O6. The van der Waals surface area contributed by atoms with Crippen LogP contribution in [0.5, 0.6) is 23.0 Å². The van der Waals surface area contributed by atoms with E-state index in [9.17, 15) is 25.2 Å². The Labute approximate surface area is 171 Å². The van der Waals surface area contributed by atoms with Gasteiger partial charge in [-0.1, -0.05) is 48.5 Å². The third-order valence-corrected chi connectivity index (χ3v) is 4.85. The highest BCUT2D eigenvalue weighted by atomic mass is 16.4. The molecule has 0 aliphatic rings. The fourth-order valence-corrected chi connectivity index (χ4v) is 3.20. The Bertz CT molecular complexity index is 1350. The van der Waals surface area contributed by atoms with Gasteiger partial charge in [-0.2, -0.15) is 0 Å². The van der Waals surface area contributed by atoms with E-state index in [1.807, 2.05) is 30.3 Å². The molecule has 6 heteroatoms. The first-order chi connectivity index (χ1) is 14.4. The van der Waals surface area contributed by atoms with Gasteiger partial charge in [0.25, 0.3) is 0 Å². The highest BCUT2D eigenvalue weighted by molar-refractivity contribution is 5.96. The first-order valence-electron chi connectivity index (χ1n) is 9.14. The number of rotatable bonds is 3. The number of aromatic hydroxyl groups is 4. The molecule has 0 aliphatic carbocycles. The lowest BCUT2D eigenvalue weighted by Crippen LogP contribution is -2.04. The van der Waals surface area contributed by atoms with Crippen LogP contribution in [0.1, 0.15) is 16.7 Å². The summed E-state index contributed by atoms with van der Waals surface area (Å²) in [5.41, 5.74) is 0.971. The van der Waals surface area contributed by atoms with Crippen molar-refractivity contribution < 1.29 is 24.8 Å². The standard InChI is InChI=1S/C24H18O6/c1-13-7-9-15(11-17(13)25)23-22(29)21(28)20-19(27)12-18(26)16(24(20)30-23)10-8-14-5-3-2-4-6-14/h2-12,25-27,29H,1H3/b10-8+. The predicted octanol–water partition coefficient (Wildman–Crippen LogP) is 4.76. The summed E-state index contributed by atoms with van der Waals surface area (Å²) in [7, 11) is 0. The van der Waals surface area contributed by atoms with Gasteiger partial charge in [-0.05, 0) is 30.2 Å². The van der Waals surface area contributed by atoms with E-state index in [0.29, 0.717) is 5.56 Å². The molecule has 0 radical (unpaired) electrons. The largest absolute Gasteiger partial charge is 0.508 e. The van der Waals surface area contributed by atoms with Gasteiger partial charge in [0, 0.05) is 11.6 Å². The first-order valence-corrected chi connectivity index (χ1v) is 9.14. The zero-order valence-electron chi connectivity index (χ0n) is 16.0. The fraction of sp³-hybridized carbons (Fsp3) is 0.0417. The summed E-state index contributed by atoms with van der Waals surface area (Å²) < 4.78 is 5.80. The van der Waals surface area contributed by atoms with Crippen LogP contribution in [-0.2, 0) is 0 Å². The molecule has 0 amide bonds. The maximum atomic E-state index is 12.8. The maximum Gasteiger partial charge on any atom is 0.238 e. The van der Waals surface area contributed by atoms with Crippen LogP contribution in [-0.4, -0.2) is 20.4 Å². The molecule has 3 aromatic carbocycles. The van der Waals surface area contributed by atoms with Gasteiger partial charge in [0.2, 0.25) is 11.2 Å². The number of phenols is 3. The number of hydrogen-bond acceptors (Lipinski definition) is 6. The molecule has 4 rings (SSSR count). The van der Waals surface area contributed by atoms with Crippen LogP contribution in [0.3, 0.4) is 0 Å². The van der Waals surface area contributed by atoms with Crippen LogP contribution >= 0.6 is 0 Å². The molecule has 1 heterocycles. The molecule has 4 aromatic rings. The van der Waals surface area contributed by atoms with Crippen molar-refractivity contribution in [3.63, 3.8) is 0 Å². The van der Waals surface area contributed by atoms with Gasteiger partial charge in [0.1, 0.15) is 22.6 Å². The van der Waals surface area contributed by atoms with Gasteiger partial charge < -0.3 is 24.8 Å². The summed E-state index contributed by atoms with van der Waals surface area (Å²) in [6.07, 6.45) is 3.28. The molecule has 0 bridgehead atoms. The smallest absolute Gasteiger partial charge is 0.238 e. The van der Waals surface area contributed by atoms with Gasteiger partial charge in [-0.25, -0.2) is 0 Å². The van der Waals surface area contributed by atoms with Crippen LogP contribution in [0.25, 0.3) is 34.4 Å². The zero-order chi connectivity index (χ0) is 21.4. The first kappa shape index (κ1) is 19.1. The van der Waals surface area contributed by atoms with E-state index >= 15 is 0 Å². The minimum Gasteiger partial charge on any atom is -0.508 e. The summed E-state index contributed by atoms with van der Waals surface area (Å²) in [4.78, 5) is 12.8. The van der Waals surface area contributed by atoms with E-state index in [2.05, 4.69) is 0 Å². The van der Waals surface area contributed by atoms with E-state index in [1.165, 1.54) is 6.07 Å². The second kappa shape index (κ2) is 7.33. The van der Waals surface area contributed by atoms with Crippen LogP contribution in [0.2, 0.25) is 0 Å². The van der Waals surface area contributed by atoms with Crippen molar-refractivity contribution in [1.82, 2.24) is 0 Å². The molecule has 30 heavy (non-hydrogen) atoms. The fourth-order valence-electron chi connectivity index (χ4n) is 3.20. The predicted molar refractivity (Wildman–Crippen MR) is 115 cm³/mol. The molecular weight excluding hydrogens is 384 g/mol. The van der Waals surface area contributed by atoms with Crippen LogP contribution in [0.15, 0.2) is 63.8 Å². The Kier molecular flexibility index (Phi) is 4.68. The van der Waals surface area contributed by atoms with Crippen molar-refractivity contribution in [2.24, 2.45) is 0 Å². The van der Waals surface area contributed by atoms with Gasteiger partial charge in [0.05, 0.1) is 5.56 Å². The van der Waals surface area contributed by atoms with Gasteiger partial charge in [-0.15, -0.1) is 0 Å². The average molecular weight is 402 g/mol. The Morgan fingerprint density at radius 3 is 2.27 bits per heavy atom. The Hall–Kier alpha value is -4.19. The van der Waals surface area contributed by atoms with Crippen LogP contribution in [0.4, 0.5) is 0 Å². The molecule has 0 fully saturated rings. The van der Waals surface area contributed by atoms with E-state index < -0.39 is 16.9 Å². The number of benzene rings is 3. The topological polar surface area (TPSA) is 111 Å². The molecule has 6 nitrogen and oxygen atoms in total. The second-order valence-electron chi connectivity index (χ2n) is 6.89. The van der Waals surface area contributed by atoms with E-state index in [0.717, 1.165) is 11.6 Å². The van der Waals surface area contributed by atoms with E-state index in [4.69, 9.17) is 4.42 Å². The van der Waals surface area contributed by atoms with E-state index in [-0.39, 0.29) is 39.4 Å². The van der Waals surface area contributed by atoms with Crippen molar-refractivity contribution in [3.8, 4) is 34.3 Å². The van der Waals surface area contributed by atoms with Gasteiger partial charge >= 0.3 is 0 Å². The molecule has 1 aromatic heterocycles. The van der Waals surface area contributed by atoms with Gasteiger partial charge in [-0.3, -0.25) is 4.79 Å². The Morgan fingerprint density at radius 1 is 0.833 bits per heavy atom. The molecule has 0 atom stereocenters. The quantitative estimate of drug-likeness (QED) is 0.368. The zero-order valence-corrected chi connectivity index (χ0v) is 16.0. The lowest BCUT2D eigenvalue weighted by molar-refractivity contribution is 0.437. The highest BCUT2D eigenvalue weighted by Gasteiger charge is 2.22. The molecule has 0 unspecified atom stereocenters. The number of phenolic OH excluding ortho intramolecular Hbond substituents is 3. The third-order valence-electron chi connectivity index (χ3n) is 4.85. The molecule has 0 aliphatic heterocycles. The summed E-state index contributed by atoms with van der Waals surface area (Å²) in [6, 6.07) is 14.9. The average Bonchev–Trinajstić information content (AvgIpc) is 2.72.